The van der Waals surface area contributed by atoms with Gasteiger partial charge >= 0.3 is 0 Å². The van der Waals surface area contributed by atoms with Crippen LogP contribution in [0.3, 0.4) is 0 Å². The number of aryl methyl sites for hydroxylation is 3. The van der Waals surface area contributed by atoms with Gasteiger partial charge in [-0.3, -0.25) is 4.79 Å². The molecule has 0 radical (unpaired) electrons. The van der Waals surface area contributed by atoms with E-state index in [1.54, 1.807) is 7.11 Å². The predicted octanol–water partition coefficient (Wildman–Crippen LogP) is 4.11. The van der Waals surface area contributed by atoms with E-state index in [0.717, 1.165) is 28.0 Å². The Labute approximate surface area is 132 Å². The van der Waals surface area contributed by atoms with Crippen molar-refractivity contribution in [3.05, 3.63) is 64.2 Å². The monoisotopic (exact) mass is 297 g/mol. The second-order valence-corrected chi connectivity index (χ2v) is 5.76. The maximum Gasteiger partial charge on any atom is 0.252 e. The lowest BCUT2D eigenvalue weighted by atomic mass is 10.0. The first-order valence-corrected chi connectivity index (χ1v) is 7.45. The molecular formula is C19H23NO2. The fraction of sp³-hybridized carbons (Fsp3) is 0.316. The van der Waals surface area contributed by atoms with Crippen LogP contribution in [0, 0.1) is 20.8 Å². The molecular weight excluding hydrogens is 274 g/mol. The average molecular weight is 297 g/mol. The number of methoxy groups -OCH3 is 1. The molecule has 0 aliphatic rings. The second kappa shape index (κ2) is 6.65. The van der Waals surface area contributed by atoms with Crippen LogP contribution in [0.15, 0.2) is 36.4 Å². The van der Waals surface area contributed by atoms with Crippen LogP contribution in [0.25, 0.3) is 0 Å². The highest BCUT2D eigenvalue weighted by atomic mass is 16.5. The zero-order valence-electron chi connectivity index (χ0n) is 13.9. The van der Waals surface area contributed by atoms with E-state index < -0.39 is 0 Å². The molecule has 0 fully saturated rings. The molecule has 116 valence electrons. The summed E-state index contributed by atoms with van der Waals surface area (Å²) >= 11 is 0. The molecule has 1 N–H and O–H groups in total. The smallest absolute Gasteiger partial charge is 0.252 e. The van der Waals surface area contributed by atoms with E-state index in [0.29, 0.717) is 5.56 Å². The van der Waals surface area contributed by atoms with E-state index in [9.17, 15) is 4.79 Å². The Hall–Kier alpha value is -2.29. The van der Waals surface area contributed by atoms with Gasteiger partial charge in [-0.1, -0.05) is 35.4 Å². The number of ether oxygens (including phenoxy) is 1. The van der Waals surface area contributed by atoms with Gasteiger partial charge in [0.1, 0.15) is 5.75 Å². The first-order valence-electron chi connectivity index (χ1n) is 7.45. The summed E-state index contributed by atoms with van der Waals surface area (Å²) in [5.74, 6) is 0.729. The molecule has 2 aromatic carbocycles. The molecule has 3 heteroatoms. The molecule has 2 aromatic rings. The summed E-state index contributed by atoms with van der Waals surface area (Å²) in [6.45, 7) is 7.98. The van der Waals surface area contributed by atoms with Crippen molar-refractivity contribution in [1.29, 1.82) is 0 Å². The number of amides is 1. The molecule has 1 atom stereocenters. The fourth-order valence-electron chi connectivity index (χ4n) is 2.61. The quantitative estimate of drug-likeness (QED) is 0.922. The van der Waals surface area contributed by atoms with E-state index in [1.165, 1.54) is 0 Å². The van der Waals surface area contributed by atoms with Crippen LogP contribution >= 0.6 is 0 Å². The lowest BCUT2D eigenvalue weighted by Gasteiger charge is -2.18. The summed E-state index contributed by atoms with van der Waals surface area (Å²) in [4.78, 5) is 12.5. The van der Waals surface area contributed by atoms with Crippen molar-refractivity contribution in [2.24, 2.45) is 0 Å². The van der Waals surface area contributed by atoms with Crippen molar-refractivity contribution >= 4 is 5.91 Å². The van der Waals surface area contributed by atoms with Gasteiger partial charge in [-0.25, -0.2) is 0 Å². The van der Waals surface area contributed by atoms with Gasteiger partial charge in [-0.15, -0.1) is 0 Å². The van der Waals surface area contributed by atoms with Gasteiger partial charge in [0.05, 0.1) is 13.2 Å². The van der Waals surface area contributed by atoms with E-state index in [4.69, 9.17) is 4.74 Å². The van der Waals surface area contributed by atoms with Crippen LogP contribution in [-0.4, -0.2) is 13.0 Å². The number of rotatable bonds is 4. The van der Waals surface area contributed by atoms with Crippen molar-refractivity contribution < 1.29 is 9.53 Å². The lowest BCUT2D eigenvalue weighted by Crippen LogP contribution is -2.27. The van der Waals surface area contributed by atoms with Crippen LogP contribution in [0.4, 0.5) is 0 Å². The van der Waals surface area contributed by atoms with Gasteiger partial charge in [0, 0.05) is 11.1 Å². The van der Waals surface area contributed by atoms with E-state index in [1.807, 2.05) is 64.1 Å². The topological polar surface area (TPSA) is 38.3 Å². The number of hydrogen-bond acceptors (Lipinski definition) is 2. The number of nitrogens with one attached hydrogen (secondary N) is 1. The first-order chi connectivity index (χ1) is 10.4. The largest absolute Gasteiger partial charge is 0.496 e. The van der Waals surface area contributed by atoms with Crippen LogP contribution in [-0.2, 0) is 0 Å². The molecule has 22 heavy (non-hydrogen) atoms. The van der Waals surface area contributed by atoms with Gasteiger partial charge in [0.25, 0.3) is 5.91 Å². The highest BCUT2D eigenvalue weighted by Gasteiger charge is 2.16. The Kier molecular flexibility index (Phi) is 4.86. The van der Waals surface area contributed by atoms with Crippen molar-refractivity contribution in [2.45, 2.75) is 33.7 Å². The standard InChI is InChI=1S/C19H23NO2/c1-12-6-8-16(14(3)10-12)19(21)20-15(4)17-11-13(2)7-9-18(17)22-5/h6-11,15H,1-5H3,(H,20,21). The third-order valence-corrected chi connectivity index (χ3v) is 3.83. The molecule has 0 aliphatic heterocycles. The summed E-state index contributed by atoms with van der Waals surface area (Å²) in [6.07, 6.45) is 0. The molecule has 0 saturated carbocycles. The fourth-order valence-corrected chi connectivity index (χ4v) is 2.61. The molecule has 0 aromatic heterocycles. The van der Waals surface area contributed by atoms with E-state index >= 15 is 0 Å². The number of hydrogen-bond donors (Lipinski definition) is 1. The second-order valence-electron chi connectivity index (χ2n) is 5.76. The number of carbonyl (C=O) groups is 1. The molecule has 0 spiro atoms. The van der Waals surface area contributed by atoms with Crippen molar-refractivity contribution in [3.63, 3.8) is 0 Å². The minimum atomic E-state index is -0.122. The molecule has 0 bridgehead atoms. The van der Waals surface area contributed by atoms with Crippen molar-refractivity contribution in [1.82, 2.24) is 5.32 Å². The SMILES string of the molecule is COc1ccc(C)cc1C(C)NC(=O)c1ccc(C)cc1C. The molecule has 2 rings (SSSR count). The average Bonchev–Trinajstić information content (AvgIpc) is 2.46. The molecule has 0 heterocycles. The summed E-state index contributed by atoms with van der Waals surface area (Å²) in [7, 11) is 1.65. The molecule has 1 unspecified atom stereocenters. The summed E-state index contributed by atoms with van der Waals surface area (Å²) in [6, 6.07) is 11.7. The maximum atomic E-state index is 12.5. The first kappa shape index (κ1) is 16.1. The third-order valence-electron chi connectivity index (χ3n) is 3.83. The molecule has 0 aliphatic carbocycles. The molecule has 0 saturated heterocycles. The minimum absolute atomic E-state index is 0.0615. The van der Waals surface area contributed by atoms with E-state index in [2.05, 4.69) is 5.32 Å². The zero-order chi connectivity index (χ0) is 16.3. The van der Waals surface area contributed by atoms with Crippen molar-refractivity contribution in [3.8, 4) is 5.75 Å². The van der Waals surface area contributed by atoms with Crippen LogP contribution in [0.1, 0.15) is 45.6 Å². The maximum absolute atomic E-state index is 12.5. The Morgan fingerprint density at radius 3 is 2.32 bits per heavy atom. The van der Waals surface area contributed by atoms with Gasteiger partial charge in [0.15, 0.2) is 0 Å². The van der Waals surface area contributed by atoms with E-state index in [-0.39, 0.29) is 11.9 Å². The predicted molar refractivity (Wildman–Crippen MR) is 89.5 cm³/mol. The summed E-state index contributed by atoms with van der Waals surface area (Å²) in [5, 5.41) is 3.06. The number of benzene rings is 2. The zero-order valence-corrected chi connectivity index (χ0v) is 13.9. The Morgan fingerprint density at radius 1 is 1.05 bits per heavy atom. The highest BCUT2D eigenvalue weighted by molar-refractivity contribution is 5.96. The van der Waals surface area contributed by atoms with Gasteiger partial charge in [-0.05, 0) is 45.4 Å². The Bertz CT molecular complexity index is 692. The molecule has 1 amide bonds. The van der Waals surface area contributed by atoms with Gasteiger partial charge in [0.2, 0.25) is 0 Å². The highest BCUT2D eigenvalue weighted by Crippen LogP contribution is 2.26. The van der Waals surface area contributed by atoms with Gasteiger partial charge in [-0.2, -0.15) is 0 Å². The normalized spacial score (nSPS) is 11.9. The Morgan fingerprint density at radius 2 is 1.68 bits per heavy atom. The van der Waals surface area contributed by atoms with Crippen molar-refractivity contribution in [2.75, 3.05) is 7.11 Å². The summed E-state index contributed by atoms with van der Waals surface area (Å²) in [5.41, 5.74) is 4.98. The summed E-state index contributed by atoms with van der Waals surface area (Å²) < 4.78 is 5.40. The lowest BCUT2D eigenvalue weighted by molar-refractivity contribution is 0.0939. The number of carbonyl (C=O) groups excluding carboxylic acids is 1. The minimum Gasteiger partial charge on any atom is -0.496 e. The molecule has 3 nitrogen and oxygen atoms in total. The van der Waals surface area contributed by atoms with Crippen LogP contribution < -0.4 is 10.1 Å². The third kappa shape index (κ3) is 3.48. The van der Waals surface area contributed by atoms with Crippen LogP contribution in [0.2, 0.25) is 0 Å². The Balaban J connectivity index is 2.23. The van der Waals surface area contributed by atoms with Gasteiger partial charge < -0.3 is 10.1 Å². The van der Waals surface area contributed by atoms with Crippen LogP contribution in [0.5, 0.6) is 5.75 Å².